The van der Waals surface area contributed by atoms with Crippen LogP contribution in [0.3, 0.4) is 0 Å². The molecule has 0 N–H and O–H groups in total. The van der Waals surface area contributed by atoms with Crippen molar-refractivity contribution in [1.29, 1.82) is 0 Å². The quantitative estimate of drug-likeness (QED) is 0.681. The number of rotatable bonds is 5. The van der Waals surface area contributed by atoms with Gasteiger partial charge in [-0.2, -0.15) is 0 Å². The molecule has 0 saturated heterocycles. The minimum atomic E-state index is -0.432. The second-order valence-electron chi connectivity index (χ2n) is 3.97. The van der Waals surface area contributed by atoms with E-state index in [9.17, 15) is 8.78 Å². The van der Waals surface area contributed by atoms with Gasteiger partial charge in [-0.25, -0.2) is 8.78 Å². The molecule has 1 nitrogen and oxygen atoms in total. The zero-order chi connectivity index (χ0) is 11.3. The molecule has 0 heterocycles. The van der Waals surface area contributed by atoms with Gasteiger partial charge in [-0.1, -0.05) is 13.8 Å². The molecule has 1 aromatic rings. The van der Waals surface area contributed by atoms with E-state index in [0.717, 1.165) is 18.6 Å². The van der Waals surface area contributed by atoms with E-state index in [1.807, 2.05) is 0 Å². The van der Waals surface area contributed by atoms with Gasteiger partial charge in [0.05, 0.1) is 6.61 Å². The molecule has 0 saturated carbocycles. The highest BCUT2D eigenvalue weighted by atomic mass is 19.1. The van der Waals surface area contributed by atoms with Crippen molar-refractivity contribution in [3.63, 3.8) is 0 Å². The Labute approximate surface area is 89.1 Å². The first kappa shape index (κ1) is 12.1. The molecule has 0 spiro atoms. The molecule has 0 aliphatic rings. The Bertz CT molecular complexity index is 310. The SMILES string of the molecule is CC(C)CCOCc1cc(F)ccc1F. The van der Waals surface area contributed by atoms with E-state index in [2.05, 4.69) is 13.8 Å². The van der Waals surface area contributed by atoms with Crippen LogP contribution in [-0.2, 0) is 11.3 Å². The first-order valence-corrected chi connectivity index (χ1v) is 5.11. The number of ether oxygens (including phenoxy) is 1. The van der Waals surface area contributed by atoms with Crippen LogP contribution in [0.25, 0.3) is 0 Å². The molecule has 0 fully saturated rings. The number of hydrogen-bond donors (Lipinski definition) is 0. The summed E-state index contributed by atoms with van der Waals surface area (Å²) in [6, 6.07) is 3.40. The summed E-state index contributed by atoms with van der Waals surface area (Å²) in [7, 11) is 0. The highest BCUT2D eigenvalue weighted by molar-refractivity contribution is 5.17. The van der Waals surface area contributed by atoms with Crippen LogP contribution in [0, 0.1) is 17.6 Å². The maximum Gasteiger partial charge on any atom is 0.128 e. The number of halogens is 2. The molecule has 0 aliphatic carbocycles. The van der Waals surface area contributed by atoms with Gasteiger partial charge < -0.3 is 4.74 Å². The summed E-state index contributed by atoms with van der Waals surface area (Å²) in [5.74, 6) is -0.290. The molecule has 1 rings (SSSR count). The van der Waals surface area contributed by atoms with Crippen molar-refractivity contribution in [2.75, 3.05) is 6.61 Å². The average Bonchev–Trinajstić information content (AvgIpc) is 2.17. The van der Waals surface area contributed by atoms with Crippen molar-refractivity contribution in [2.24, 2.45) is 5.92 Å². The lowest BCUT2D eigenvalue weighted by Crippen LogP contribution is -2.01. The highest BCUT2D eigenvalue weighted by Gasteiger charge is 2.03. The van der Waals surface area contributed by atoms with Crippen LogP contribution in [0.1, 0.15) is 25.8 Å². The van der Waals surface area contributed by atoms with Gasteiger partial charge >= 0.3 is 0 Å². The maximum absolute atomic E-state index is 13.1. The molecule has 84 valence electrons. The Morgan fingerprint density at radius 1 is 1.27 bits per heavy atom. The summed E-state index contributed by atoms with van der Waals surface area (Å²) in [5.41, 5.74) is 0.277. The Morgan fingerprint density at radius 3 is 2.67 bits per heavy atom. The molecule has 0 aromatic heterocycles. The Balaban J connectivity index is 2.40. The normalized spacial score (nSPS) is 11.0. The summed E-state index contributed by atoms with van der Waals surface area (Å²) in [6.07, 6.45) is 0.928. The monoisotopic (exact) mass is 214 g/mol. The van der Waals surface area contributed by atoms with E-state index < -0.39 is 11.6 Å². The van der Waals surface area contributed by atoms with Gasteiger partial charge in [0.25, 0.3) is 0 Å². The molecule has 15 heavy (non-hydrogen) atoms. The Kier molecular flexibility index (Phi) is 4.69. The Morgan fingerprint density at radius 2 is 2.00 bits per heavy atom. The largest absolute Gasteiger partial charge is 0.377 e. The smallest absolute Gasteiger partial charge is 0.128 e. The van der Waals surface area contributed by atoms with Crippen LogP contribution >= 0.6 is 0 Å². The average molecular weight is 214 g/mol. The molecule has 0 radical (unpaired) electrons. The van der Waals surface area contributed by atoms with E-state index in [1.54, 1.807) is 0 Å². The van der Waals surface area contributed by atoms with E-state index in [-0.39, 0.29) is 12.2 Å². The van der Waals surface area contributed by atoms with E-state index in [4.69, 9.17) is 4.74 Å². The van der Waals surface area contributed by atoms with Crippen molar-refractivity contribution >= 4 is 0 Å². The molecule has 1 aromatic carbocycles. The molecular weight excluding hydrogens is 198 g/mol. The zero-order valence-corrected chi connectivity index (χ0v) is 9.09. The van der Waals surface area contributed by atoms with Crippen molar-refractivity contribution in [1.82, 2.24) is 0 Å². The number of benzene rings is 1. The van der Waals surface area contributed by atoms with Crippen molar-refractivity contribution in [2.45, 2.75) is 26.9 Å². The van der Waals surface area contributed by atoms with Gasteiger partial charge in [0.1, 0.15) is 11.6 Å². The lowest BCUT2D eigenvalue weighted by atomic mass is 10.1. The van der Waals surface area contributed by atoms with Gasteiger partial charge in [0.15, 0.2) is 0 Å². The van der Waals surface area contributed by atoms with Crippen LogP contribution in [0.15, 0.2) is 18.2 Å². The second-order valence-corrected chi connectivity index (χ2v) is 3.97. The summed E-state index contributed by atoms with van der Waals surface area (Å²) in [4.78, 5) is 0. The van der Waals surface area contributed by atoms with Crippen LogP contribution in [0.5, 0.6) is 0 Å². The Hall–Kier alpha value is -0.960. The third kappa shape index (κ3) is 4.38. The fourth-order valence-electron chi connectivity index (χ4n) is 1.16. The minimum absolute atomic E-state index is 0.135. The first-order valence-electron chi connectivity index (χ1n) is 5.11. The lowest BCUT2D eigenvalue weighted by molar-refractivity contribution is 0.108. The first-order chi connectivity index (χ1) is 7.09. The van der Waals surface area contributed by atoms with Crippen LogP contribution in [0.2, 0.25) is 0 Å². The third-order valence-electron chi connectivity index (χ3n) is 2.10. The molecular formula is C12H16F2O. The molecule has 0 amide bonds. The molecule has 0 unspecified atom stereocenters. The van der Waals surface area contributed by atoms with Gasteiger partial charge in [-0.3, -0.25) is 0 Å². The molecule has 0 bridgehead atoms. The van der Waals surface area contributed by atoms with Gasteiger partial charge in [0.2, 0.25) is 0 Å². The second kappa shape index (κ2) is 5.81. The molecule has 3 heteroatoms. The van der Waals surface area contributed by atoms with Crippen LogP contribution in [-0.4, -0.2) is 6.61 Å². The summed E-state index contributed by atoms with van der Waals surface area (Å²) < 4.78 is 31.1. The van der Waals surface area contributed by atoms with Gasteiger partial charge in [0, 0.05) is 12.2 Å². The van der Waals surface area contributed by atoms with E-state index in [1.165, 1.54) is 6.07 Å². The standard InChI is InChI=1S/C12H16F2O/c1-9(2)5-6-15-8-10-7-11(13)3-4-12(10)14/h3-4,7,9H,5-6,8H2,1-2H3. The lowest BCUT2D eigenvalue weighted by Gasteiger charge is -2.07. The zero-order valence-electron chi connectivity index (χ0n) is 9.09. The number of hydrogen-bond acceptors (Lipinski definition) is 1. The third-order valence-corrected chi connectivity index (χ3v) is 2.10. The van der Waals surface area contributed by atoms with E-state index >= 15 is 0 Å². The van der Waals surface area contributed by atoms with Crippen LogP contribution in [0.4, 0.5) is 8.78 Å². The van der Waals surface area contributed by atoms with Crippen molar-refractivity contribution < 1.29 is 13.5 Å². The fraction of sp³-hybridized carbons (Fsp3) is 0.500. The van der Waals surface area contributed by atoms with E-state index in [0.29, 0.717) is 12.5 Å². The maximum atomic E-state index is 13.1. The predicted octanol–water partition coefficient (Wildman–Crippen LogP) is 3.53. The van der Waals surface area contributed by atoms with Gasteiger partial charge in [-0.05, 0) is 30.5 Å². The molecule has 0 aliphatic heterocycles. The summed E-state index contributed by atoms with van der Waals surface area (Å²) in [6.45, 7) is 4.89. The predicted molar refractivity (Wildman–Crippen MR) is 55.5 cm³/mol. The summed E-state index contributed by atoms with van der Waals surface area (Å²) >= 11 is 0. The minimum Gasteiger partial charge on any atom is -0.377 e. The topological polar surface area (TPSA) is 9.23 Å². The van der Waals surface area contributed by atoms with Crippen molar-refractivity contribution in [3.8, 4) is 0 Å². The fourth-order valence-corrected chi connectivity index (χ4v) is 1.16. The summed E-state index contributed by atoms with van der Waals surface area (Å²) in [5, 5.41) is 0. The van der Waals surface area contributed by atoms with Crippen LogP contribution < -0.4 is 0 Å². The van der Waals surface area contributed by atoms with Crippen molar-refractivity contribution in [3.05, 3.63) is 35.4 Å². The highest BCUT2D eigenvalue weighted by Crippen LogP contribution is 2.11. The van der Waals surface area contributed by atoms with Gasteiger partial charge in [-0.15, -0.1) is 0 Å². The molecule has 0 atom stereocenters.